The van der Waals surface area contributed by atoms with Crippen LogP contribution in [0.1, 0.15) is 0 Å². The molecule has 0 aliphatic rings. The average Bonchev–Trinajstić information content (AvgIpc) is 2.75. The minimum absolute atomic E-state index is 0.861. The fourth-order valence-corrected chi connectivity index (χ4v) is 28.6. The highest BCUT2D eigenvalue weighted by Crippen LogP contribution is 2.82. The van der Waals surface area contributed by atoms with Crippen LogP contribution in [0.3, 0.4) is 0 Å². The minimum atomic E-state index is -2.86. The number of halogens is 28. The highest BCUT2D eigenvalue weighted by atomic mass is 80.0. The summed E-state index contributed by atoms with van der Waals surface area (Å²) in [5.41, 5.74) is 0. The first-order valence-electron chi connectivity index (χ1n) is 8.81. The molecule has 0 aliphatic heterocycles. The predicted octanol–water partition coefficient (Wildman–Crippen LogP) is 20.3. The third kappa shape index (κ3) is 12.0. The molecule has 45 heavy (non-hydrogen) atoms. The third-order valence-corrected chi connectivity index (χ3v) is 62.1. The fraction of sp³-hybridized carbons (Fsp3) is 1.00. The van der Waals surface area contributed by atoms with E-state index in [1.165, 1.54) is 0 Å². The lowest BCUT2D eigenvalue weighted by atomic mass is 10.0. The second kappa shape index (κ2) is 20.6. The SMILES string of the molecule is BrC(Br)(Br)C(Br)(Br)C(Br)(Br)C(Br)(Br)C(Br)(Br)C(Br)(Br)C(Br)(Br)C(Br)(Br)C(Br)(Br)C(Br)(Br)C(Br)(Br)C(Br)(Br)C(Br)(Br)Br.O=S([O-])O. The van der Waals surface area contributed by atoms with Gasteiger partial charge < -0.3 is 9.11 Å². The first-order valence-corrected chi connectivity index (χ1v) is 32.0. The Labute approximate surface area is 498 Å². The molecule has 0 radical (unpaired) electrons. The van der Waals surface area contributed by atoms with Crippen LogP contribution < -0.4 is 0 Å². The lowest BCUT2D eigenvalue weighted by Gasteiger charge is -2.61. The van der Waals surface area contributed by atoms with Gasteiger partial charge in [0.2, 0.25) is 0 Å². The van der Waals surface area contributed by atoms with Gasteiger partial charge in [-0.1, -0.05) is 446 Å². The van der Waals surface area contributed by atoms with Crippen molar-refractivity contribution in [2.45, 2.75) is 39.9 Å². The van der Waals surface area contributed by atoms with Crippen LogP contribution in [0.15, 0.2) is 0 Å². The Kier molecular flexibility index (Phi) is 27.7. The minimum Gasteiger partial charge on any atom is -0.750 e. The number of alkyl halides is 28. The Morgan fingerprint density at radius 3 is 0.422 bits per heavy atom. The van der Waals surface area contributed by atoms with Crippen molar-refractivity contribution in [3.63, 3.8) is 0 Å². The van der Waals surface area contributed by atoms with Crippen LogP contribution in [0.4, 0.5) is 0 Å². The molecule has 1 N–H and O–H groups in total. The van der Waals surface area contributed by atoms with E-state index in [0.717, 1.165) is 0 Å². The summed E-state index contributed by atoms with van der Waals surface area (Å²) in [6.07, 6.45) is 0. The molecule has 0 rings (SSSR count). The van der Waals surface area contributed by atoms with E-state index >= 15 is 0 Å². The van der Waals surface area contributed by atoms with Gasteiger partial charge in [-0.15, -0.1) is 0 Å². The van der Waals surface area contributed by atoms with Gasteiger partial charge in [0, 0.05) is 0 Å². The molecule has 32 heteroatoms. The summed E-state index contributed by atoms with van der Waals surface area (Å²) in [5, 5.41) is 0. The van der Waals surface area contributed by atoms with Crippen molar-refractivity contribution in [3.05, 3.63) is 0 Å². The van der Waals surface area contributed by atoms with Gasteiger partial charge in [0.15, 0.2) is 4.29 Å². The molecule has 0 aromatic carbocycles. The lowest BCUT2D eigenvalue weighted by Crippen LogP contribution is -2.72. The molecule has 0 aromatic rings. The zero-order chi connectivity index (χ0) is 38.1. The lowest BCUT2D eigenvalue weighted by molar-refractivity contribution is 0.436. The monoisotopic (exact) mass is 2450 g/mol. The van der Waals surface area contributed by atoms with Crippen molar-refractivity contribution in [1.29, 1.82) is 0 Å². The van der Waals surface area contributed by atoms with Gasteiger partial charge in [0.25, 0.3) is 0 Å². The summed E-state index contributed by atoms with van der Waals surface area (Å²) in [4.78, 5) is 0. The van der Waals surface area contributed by atoms with E-state index in [1.807, 2.05) is 0 Å². The summed E-state index contributed by atoms with van der Waals surface area (Å²) < 4.78 is 10.0. The second-order valence-corrected chi connectivity index (χ2v) is 59.4. The summed E-state index contributed by atoms with van der Waals surface area (Å²) in [5.74, 6) is 0. The molecule has 0 heterocycles. The van der Waals surface area contributed by atoms with Crippen LogP contribution in [0.25, 0.3) is 0 Å². The molecule has 0 amide bonds. The first-order chi connectivity index (χ1) is 18.7. The third-order valence-electron chi connectivity index (χ3n) is 4.66. The van der Waals surface area contributed by atoms with Crippen molar-refractivity contribution < 1.29 is 13.3 Å². The van der Waals surface area contributed by atoms with Gasteiger partial charge in [-0.2, -0.15) is 0 Å². The van der Waals surface area contributed by atoms with Gasteiger partial charge in [-0.3, -0.25) is 0 Å². The van der Waals surface area contributed by atoms with E-state index in [4.69, 9.17) is 13.3 Å². The van der Waals surface area contributed by atoms with Crippen LogP contribution in [-0.4, -0.2) is 53.2 Å². The largest absolute Gasteiger partial charge is 0.750 e. The number of hydrogen-bond donors (Lipinski definition) is 1. The summed E-state index contributed by atoms with van der Waals surface area (Å²) >= 11 is 104. The molecule has 1 unspecified atom stereocenters. The van der Waals surface area contributed by atoms with Gasteiger partial charge >= 0.3 is 0 Å². The van der Waals surface area contributed by atoms with Crippen LogP contribution in [0.5, 0.6) is 0 Å². The number of hydrogen-bond acceptors (Lipinski definition) is 2. The van der Waals surface area contributed by atoms with Crippen LogP contribution >= 0.6 is 446 Å². The summed E-state index contributed by atoms with van der Waals surface area (Å²) in [6, 6.07) is 0. The summed E-state index contributed by atoms with van der Waals surface area (Å²) in [7, 11) is 0. The van der Waals surface area contributed by atoms with Gasteiger partial charge in [-0.05, 0) is 0 Å². The van der Waals surface area contributed by atoms with Crippen molar-refractivity contribution in [3.8, 4) is 0 Å². The normalized spacial score (nSPS) is 17.1. The first kappa shape index (κ1) is 60.6. The highest BCUT2D eigenvalue weighted by molar-refractivity contribution is 9.43. The molecule has 0 fully saturated rings. The van der Waals surface area contributed by atoms with Gasteiger partial charge in [0.05, 0.1) is 11.4 Å². The Morgan fingerprint density at radius 1 is 0.289 bits per heavy atom. The van der Waals surface area contributed by atoms with E-state index < -0.39 is 51.2 Å². The molecular formula is C13HBr28O3S-. The van der Waals surface area contributed by atoms with Crippen molar-refractivity contribution in [2.24, 2.45) is 0 Å². The topological polar surface area (TPSA) is 60.4 Å². The van der Waals surface area contributed by atoms with Gasteiger partial charge in [0.1, 0.15) is 35.6 Å². The van der Waals surface area contributed by atoms with Crippen LogP contribution in [0, 0.1) is 0 Å². The van der Waals surface area contributed by atoms with Crippen molar-refractivity contribution in [2.75, 3.05) is 0 Å². The van der Waals surface area contributed by atoms with E-state index in [1.54, 1.807) is 0 Å². The molecular weight excluding hydrogens is 2470 g/mol. The quantitative estimate of drug-likeness (QED) is 0.175. The summed E-state index contributed by atoms with van der Waals surface area (Å²) in [6.45, 7) is 0. The maximum absolute atomic E-state index is 8.56. The zero-order valence-corrected chi connectivity index (χ0v) is 64.0. The average molecular weight is 2470 g/mol. The molecule has 0 aliphatic carbocycles. The molecule has 0 spiro atoms. The molecule has 3 nitrogen and oxygen atoms in total. The Balaban J connectivity index is 0. The molecule has 274 valence electrons. The molecule has 0 saturated heterocycles. The molecule has 0 aromatic heterocycles. The van der Waals surface area contributed by atoms with Gasteiger partial charge in [-0.25, -0.2) is 4.21 Å². The van der Waals surface area contributed by atoms with E-state index in [9.17, 15) is 0 Å². The van der Waals surface area contributed by atoms with E-state index in [-0.39, 0.29) is 0 Å². The van der Waals surface area contributed by atoms with Crippen LogP contribution in [-0.2, 0) is 11.4 Å². The molecule has 0 bridgehead atoms. The maximum Gasteiger partial charge on any atom is 0.162 e. The Hall–Kier alpha value is 13.5. The highest BCUT2D eigenvalue weighted by Gasteiger charge is 2.82. The van der Waals surface area contributed by atoms with E-state index in [0.29, 0.717) is 0 Å². The fourth-order valence-electron chi connectivity index (χ4n) is 2.13. The number of rotatable bonds is 10. The predicted molar refractivity (Wildman–Crippen MR) is 297 cm³/mol. The Morgan fingerprint density at radius 2 is 0.356 bits per heavy atom. The molecule has 0 saturated carbocycles. The Bertz CT molecular complexity index is 987. The standard InChI is InChI=1S/C13Br28.H2O3S/c14-1(15,2(16,17)4(20,21)6(24,25)8(28,29)10(32,33)12(36,37)38)3(18,19)5(22,23)7(26,27)9(30,31)11(34,35)13(39,40)41;1-4(2)3/h;(H2,1,2,3)/p-1. The van der Waals surface area contributed by atoms with Crippen LogP contribution in [0.2, 0.25) is 0 Å². The van der Waals surface area contributed by atoms with Crippen molar-refractivity contribution in [1.82, 2.24) is 0 Å². The van der Waals surface area contributed by atoms with E-state index in [2.05, 4.69) is 446 Å². The maximum atomic E-state index is 8.56. The zero-order valence-electron chi connectivity index (χ0n) is 18.8. The smallest absolute Gasteiger partial charge is 0.162 e. The molecule has 1 atom stereocenters. The van der Waals surface area contributed by atoms with Crippen molar-refractivity contribution >= 4 is 457 Å². The second-order valence-electron chi connectivity index (χ2n) is 7.53.